The third-order valence-corrected chi connectivity index (χ3v) is 3.45. The molecule has 1 unspecified atom stereocenters. The monoisotopic (exact) mass is 271 g/mol. The molecule has 0 aliphatic heterocycles. The van der Waals surface area contributed by atoms with Crippen LogP contribution >= 0.6 is 15.9 Å². The van der Waals surface area contributed by atoms with E-state index < -0.39 is 12.0 Å². The summed E-state index contributed by atoms with van der Waals surface area (Å²) >= 11 is 3.43. The molecule has 0 saturated carbocycles. The molecule has 0 spiro atoms. The minimum Gasteiger partial charge on any atom is -0.480 e. The fraction of sp³-hybridized carbons (Fsp3) is 0.364. The zero-order chi connectivity index (χ0) is 11.6. The predicted molar refractivity (Wildman–Crippen MR) is 62.9 cm³/mol. The van der Waals surface area contributed by atoms with Crippen LogP contribution < -0.4 is 5.73 Å². The number of nitrogens with two attached hydrogens (primary N) is 1. The van der Waals surface area contributed by atoms with Crippen LogP contribution in [0.5, 0.6) is 0 Å². The normalized spacial score (nSPS) is 12.5. The van der Waals surface area contributed by atoms with Crippen LogP contribution in [0.25, 0.3) is 0 Å². The highest BCUT2D eigenvalue weighted by Gasteiger charge is 2.14. The molecule has 1 aromatic rings. The van der Waals surface area contributed by atoms with Gasteiger partial charge in [-0.2, -0.15) is 0 Å². The molecule has 1 atom stereocenters. The van der Waals surface area contributed by atoms with Gasteiger partial charge in [0.1, 0.15) is 6.04 Å². The van der Waals surface area contributed by atoms with E-state index in [-0.39, 0.29) is 0 Å². The Morgan fingerprint density at radius 1 is 1.47 bits per heavy atom. The highest BCUT2D eigenvalue weighted by molar-refractivity contribution is 9.10. The van der Waals surface area contributed by atoms with E-state index >= 15 is 0 Å². The second-order valence-electron chi connectivity index (χ2n) is 3.61. The van der Waals surface area contributed by atoms with Crippen LogP contribution in [0.4, 0.5) is 0 Å². The van der Waals surface area contributed by atoms with Crippen LogP contribution in [0, 0.1) is 13.8 Å². The van der Waals surface area contributed by atoms with Crippen LogP contribution in [-0.2, 0) is 11.2 Å². The first-order chi connectivity index (χ1) is 6.93. The van der Waals surface area contributed by atoms with Crippen molar-refractivity contribution in [2.24, 2.45) is 5.73 Å². The van der Waals surface area contributed by atoms with Crippen molar-refractivity contribution in [1.29, 1.82) is 0 Å². The first-order valence-electron chi connectivity index (χ1n) is 4.66. The van der Waals surface area contributed by atoms with Crippen molar-refractivity contribution >= 4 is 21.9 Å². The van der Waals surface area contributed by atoms with Gasteiger partial charge in [0.25, 0.3) is 0 Å². The molecule has 15 heavy (non-hydrogen) atoms. The number of carboxylic acid groups (broad SMARTS) is 1. The lowest BCUT2D eigenvalue weighted by Crippen LogP contribution is -2.32. The summed E-state index contributed by atoms with van der Waals surface area (Å²) in [5.74, 6) is -0.963. The van der Waals surface area contributed by atoms with Crippen molar-refractivity contribution < 1.29 is 9.90 Å². The first kappa shape index (κ1) is 12.2. The van der Waals surface area contributed by atoms with Gasteiger partial charge in [-0.05, 0) is 43.0 Å². The van der Waals surface area contributed by atoms with E-state index in [0.29, 0.717) is 6.42 Å². The van der Waals surface area contributed by atoms with Crippen molar-refractivity contribution in [2.75, 3.05) is 0 Å². The molecule has 4 heteroatoms. The number of hydrogen-bond donors (Lipinski definition) is 2. The van der Waals surface area contributed by atoms with Crippen molar-refractivity contribution in [3.8, 4) is 0 Å². The molecular weight excluding hydrogens is 258 g/mol. The van der Waals surface area contributed by atoms with Crippen LogP contribution in [-0.4, -0.2) is 17.1 Å². The van der Waals surface area contributed by atoms with Gasteiger partial charge in [0.2, 0.25) is 0 Å². The summed E-state index contributed by atoms with van der Waals surface area (Å²) < 4.78 is 1.03. The maximum Gasteiger partial charge on any atom is 0.320 e. The van der Waals surface area contributed by atoms with Gasteiger partial charge in [-0.15, -0.1) is 0 Å². The summed E-state index contributed by atoms with van der Waals surface area (Å²) in [7, 11) is 0. The molecule has 3 nitrogen and oxygen atoms in total. The molecule has 0 aliphatic rings. The first-order valence-corrected chi connectivity index (χ1v) is 5.45. The maximum absolute atomic E-state index is 10.6. The highest BCUT2D eigenvalue weighted by atomic mass is 79.9. The predicted octanol–water partition coefficient (Wildman–Crippen LogP) is 2.02. The molecular formula is C11H14BrNO2. The molecule has 1 aromatic carbocycles. The Labute approximate surface area is 97.4 Å². The molecule has 0 fully saturated rings. The summed E-state index contributed by atoms with van der Waals surface area (Å²) in [5, 5.41) is 8.72. The number of carbonyl (C=O) groups is 1. The smallest absolute Gasteiger partial charge is 0.320 e. The second kappa shape index (κ2) is 4.77. The summed E-state index contributed by atoms with van der Waals surface area (Å²) in [6.07, 6.45) is 0.370. The van der Waals surface area contributed by atoms with Gasteiger partial charge in [0.05, 0.1) is 0 Å². The van der Waals surface area contributed by atoms with E-state index in [1.807, 2.05) is 26.0 Å². The number of halogens is 1. The number of carboxylic acids is 1. The van der Waals surface area contributed by atoms with Gasteiger partial charge in [-0.3, -0.25) is 4.79 Å². The summed E-state index contributed by atoms with van der Waals surface area (Å²) in [5.41, 5.74) is 8.71. The Balaban J connectivity index is 2.97. The van der Waals surface area contributed by atoms with Crippen molar-refractivity contribution in [2.45, 2.75) is 26.3 Å². The summed E-state index contributed by atoms with van der Waals surface area (Å²) in [6.45, 7) is 3.97. The van der Waals surface area contributed by atoms with Crippen LogP contribution in [0.1, 0.15) is 16.7 Å². The Morgan fingerprint density at radius 2 is 2.07 bits per heavy atom. The number of benzene rings is 1. The average Bonchev–Trinajstić information content (AvgIpc) is 2.18. The van der Waals surface area contributed by atoms with Crippen LogP contribution in [0.2, 0.25) is 0 Å². The lowest BCUT2D eigenvalue weighted by molar-refractivity contribution is -0.138. The summed E-state index contributed by atoms with van der Waals surface area (Å²) in [6, 6.07) is 3.01. The molecule has 0 amide bonds. The van der Waals surface area contributed by atoms with Gasteiger partial charge in [0, 0.05) is 4.47 Å². The lowest BCUT2D eigenvalue weighted by Gasteiger charge is -2.12. The fourth-order valence-electron chi connectivity index (χ4n) is 1.39. The van der Waals surface area contributed by atoms with E-state index in [1.165, 1.54) is 0 Å². The van der Waals surface area contributed by atoms with Gasteiger partial charge >= 0.3 is 5.97 Å². The van der Waals surface area contributed by atoms with Gasteiger partial charge in [-0.25, -0.2) is 0 Å². The molecule has 82 valence electrons. The van der Waals surface area contributed by atoms with Crippen LogP contribution in [0.3, 0.4) is 0 Å². The topological polar surface area (TPSA) is 63.3 Å². The Morgan fingerprint density at radius 3 is 2.60 bits per heavy atom. The molecule has 0 saturated heterocycles. The standard InChI is InChI=1S/C11H14BrNO2/c1-6-7(2)9(12)4-3-8(6)5-10(13)11(14)15/h3-4,10H,5,13H2,1-2H3,(H,14,15). The van der Waals surface area contributed by atoms with Crippen molar-refractivity contribution in [1.82, 2.24) is 0 Å². The highest BCUT2D eigenvalue weighted by Crippen LogP contribution is 2.23. The van der Waals surface area contributed by atoms with Gasteiger partial charge in [-0.1, -0.05) is 22.0 Å². The molecule has 1 rings (SSSR count). The third kappa shape index (κ3) is 2.79. The largest absolute Gasteiger partial charge is 0.480 e. The average molecular weight is 272 g/mol. The minimum atomic E-state index is -0.963. The Hall–Kier alpha value is -0.870. The Kier molecular flexibility index (Phi) is 3.88. The van der Waals surface area contributed by atoms with E-state index in [2.05, 4.69) is 15.9 Å². The fourth-order valence-corrected chi connectivity index (χ4v) is 1.82. The van der Waals surface area contributed by atoms with E-state index in [0.717, 1.165) is 21.2 Å². The molecule has 3 N–H and O–H groups in total. The third-order valence-electron chi connectivity index (χ3n) is 2.59. The molecule has 0 heterocycles. The molecule has 0 bridgehead atoms. The SMILES string of the molecule is Cc1c(Br)ccc(CC(N)C(=O)O)c1C. The quantitative estimate of drug-likeness (QED) is 0.884. The molecule has 0 aliphatic carbocycles. The zero-order valence-electron chi connectivity index (χ0n) is 8.75. The van der Waals surface area contributed by atoms with Crippen LogP contribution in [0.15, 0.2) is 16.6 Å². The minimum absolute atomic E-state index is 0.370. The van der Waals surface area contributed by atoms with Crippen molar-refractivity contribution in [3.63, 3.8) is 0 Å². The second-order valence-corrected chi connectivity index (χ2v) is 4.46. The maximum atomic E-state index is 10.6. The molecule has 0 aromatic heterocycles. The van der Waals surface area contributed by atoms with E-state index in [1.54, 1.807) is 0 Å². The molecule has 0 radical (unpaired) electrons. The Bertz CT molecular complexity index is 390. The van der Waals surface area contributed by atoms with E-state index in [9.17, 15) is 4.79 Å². The zero-order valence-corrected chi connectivity index (χ0v) is 10.3. The number of hydrogen-bond acceptors (Lipinski definition) is 2. The van der Waals surface area contributed by atoms with E-state index in [4.69, 9.17) is 10.8 Å². The lowest BCUT2D eigenvalue weighted by atomic mass is 9.98. The number of aliphatic carboxylic acids is 1. The number of rotatable bonds is 3. The van der Waals surface area contributed by atoms with Gasteiger partial charge in [0.15, 0.2) is 0 Å². The van der Waals surface area contributed by atoms with Crippen molar-refractivity contribution in [3.05, 3.63) is 33.3 Å². The van der Waals surface area contributed by atoms with Gasteiger partial charge < -0.3 is 10.8 Å². The summed E-state index contributed by atoms with van der Waals surface area (Å²) in [4.78, 5) is 10.6.